The molecule has 0 radical (unpaired) electrons. The van der Waals surface area contributed by atoms with Crippen LogP contribution in [-0.4, -0.2) is 21.5 Å². The maximum Gasteiger partial charge on any atom is 0.201 e. The summed E-state index contributed by atoms with van der Waals surface area (Å²) in [6.07, 6.45) is 5.38. The molecule has 0 aromatic carbocycles. The average molecular weight is 230 g/mol. The topological polar surface area (TPSA) is 24.1 Å². The van der Waals surface area contributed by atoms with Crippen LogP contribution in [0.4, 0.5) is 0 Å². The maximum atomic E-state index is 3.79. The zero-order valence-corrected chi connectivity index (χ0v) is 12.2. The smallest absolute Gasteiger partial charge is 0.201 e. The van der Waals surface area contributed by atoms with Crippen molar-refractivity contribution in [3.63, 3.8) is 0 Å². The van der Waals surface area contributed by atoms with Gasteiger partial charge in [-0.3, -0.25) is 0 Å². The molecule has 0 aromatic rings. The van der Waals surface area contributed by atoms with Crippen LogP contribution in [0.3, 0.4) is 0 Å². The van der Waals surface area contributed by atoms with E-state index in [0.29, 0.717) is 0 Å². The zero-order valence-electron chi connectivity index (χ0n) is 11.2. The normalized spacial score (nSPS) is 12.0. The molecule has 2 N–H and O–H groups in total. The highest BCUT2D eigenvalue weighted by Gasteiger charge is 2.30. The number of hydrogen-bond acceptors (Lipinski definition) is 2. The molecule has 3 heteroatoms. The fourth-order valence-electron chi connectivity index (χ4n) is 2.17. The van der Waals surface area contributed by atoms with E-state index in [4.69, 9.17) is 0 Å². The first-order valence-electron chi connectivity index (χ1n) is 6.74. The summed E-state index contributed by atoms with van der Waals surface area (Å²) >= 11 is 0. The van der Waals surface area contributed by atoms with Crippen molar-refractivity contribution in [1.82, 2.24) is 9.96 Å². The highest BCUT2D eigenvalue weighted by atomic mass is 28.3. The second-order valence-corrected chi connectivity index (χ2v) is 8.22. The Morgan fingerprint density at radius 3 is 1.40 bits per heavy atom. The van der Waals surface area contributed by atoms with Crippen LogP contribution in [0.25, 0.3) is 0 Å². The molecular formula is C12H30N2Si. The summed E-state index contributed by atoms with van der Waals surface area (Å²) < 4.78 is 0. The van der Waals surface area contributed by atoms with Gasteiger partial charge in [0.15, 0.2) is 0 Å². The Morgan fingerprint density at radius 1 is 0.733 bits per heavy atom. The van der Waals surface area contributed by atoms with Crippen LogP contribution < -0.4 is 9.96 Å². The highest BCUT2D eigenvalue weighted by molar-refractivity contribution is 6.75. The minimum atomic E-state index is -1.34. The average Bonchev–Trinajstić information content (AvgIpc) is 2.24. The number of hydrogen-bond donors (Lipinski definition) is 2. The lowest BCUT2D eigenvalue weighted by Gasteiger charge is -2.33. The quantitative estimate of drug-likeness (QED) is 0.563. The van der Waals surface area contributed by atoms with E-state index in [1.54, 1.807) is 0 Å². The third-order valence-electron chi connectivity index (χ3n) is 2.94. The third-order valence-corrected chi connectivity index (χ3v) is 7.42. The molecule has 0 heterocycles. The first-order valence-corrected chi connectivity index (χ1v) is 9.16. The van der Waals surface area contributed by atoms with Gasteiger partial charge in [0.1, 0.15) is 0 Å². The Labute approximate surface area is 97.4 Å². The van der Waals surface area contributed by atoms with Gasteiger partial charge in [0.05, 0.1) is 0 Å². The molecule has 0 amide bonds. The molecule has 0 saturated heterocycles. The van der Waals surface area contributed by atoms with Crippen molar-refractivity contribution >= 4 is 8.40 Å². The molecule has 0 rings (SSSR count). The molecule has 0 atom stereocenters. The van der Waals surface area contributed by atoms with E-state index in [1.165, 1.54) is 37.8 Å². The lowest BCUT2D eigenvalue weighted by molar-refractivity contribution is 0.743. The molecule has 0 saturated carbocycles. The van der Waals surface area contributed by atoms with E-state index < -0.39 is 8.40 Å². The summed E-state index contributed by atoms with van der Waals surface area (Å²) in [5.74, 6) is 0. The van der Waals surface area contributed by atoms with Crippen LogP contribution in [0, 0.1) is 0 Å². The van der Waals surface area contributed by atoms with Crippen molar-refractivity contribution in [3.8, 4) is 0 Å². The molecule has 0 bridgehead atoms. The molecular weight excluding hydrogens is 200 g/mol. The molecule has 0 aromatic heterocycles. The minimum Gasteiger partial charge on any atom is -0.326 e. The SMILES string of the molecule is CCCC[Si](CCCC)(NCC)NCC. The van der Waals surface area contributed by atoms with E-state index >= 15 is 0 Å². The monoisotopic (exact) mass is 230 g/mol. The summed E-state index contributed by atoms with van der Waals surface area (Å²) in [6, 6.07) is 2.79. The van der Waals surface area contributed by atoms with Gasteiger partial charge in [0.25, 0.3) is 0 Å². The van der Waals surface area contributed by atoms with E-state index in [9.17, 15) is 0 Å². The van der Waals surface area contributed by atoms with E-state index in [-0.39, 0.29) is 0 Å². The van der Waals surface area contributed by atoms with Crippen molar-refractivity contribution in [2.24, 2.45) is 0 Å². The number of unbranched alkanes of at least 4 members (excludes halogenated alkanes) is 2. The van der Waals surface area contributed by atoms with Crippen LogP contribution >= 0.6 is 0 Å². The van der Waals surface area contributed by atoms with Gasteiger partial charge in [-0.1, -0.05) is 53.4 Å². The summed E-state index contributed by atoms with van der Waals surface area (Å²) in [7, 11) is -1.34. The van der Waals surface area contributed by atoms with Crippen LogP contribution in [0.5, 0.6) is 0 Å². The largest absolute Gasteiger partial charge is 0.326 e. The van der Waals surface area contributed by atoms with Gasteiger partial charge < -0.3 is 9.96 Å². The lowest BCUT2D eigenvalue weighted by Crippen LogP contribution is -2.62. The predicted octanol–water partition coefficient (Wildman–Crippen LogP) is 3.25. The van der Waals surface area contributed by atoms with Crippen molar-refractivity contribution in [2.75, 3.05) is 13.1 Å². The van der Waals surface area contributed by atoms with E-state index in [0.717, 1.165) is 13.1 Å². The van der Waals surface area contributed by atoms with E-state index in [1.807, 2.05) is 0 Å². The molecule has 0 unspecified atom stereocenters. The standard InChI is InChI=1S/C12H30N2Si/c1-5-9-11-15(13-7-3,14-8-4)12-10-6-2/h13-14H,5-12H2,1-4H3. The van der Waals surface area contributed by atoms with Crippen molar-refractivity contribution in [1.29, 1.82) is 0 Å². The molecule has 92 valence electrons. The lowest BCUT2D eigenvalue weighted by atomic mass is 10.4. The summed E-state index contributed by atoms with van der Waals surface area (Å²) in [4.78, 5) is 7.59. The predicted molar refractivity (Wildman–Crippen MR) is 72.5 cm³/mol. The Bertz CT molecular complexity index is 124. The Morgan fingerprint density at radius 2 is 1.13 bits per heavy atom. The third kappa shape index (κ3) is 6.33. The molecule has 0 aliphatic carbocycles. The Kier molecular flexibility index (Phi) is 9.45. The van der Waals surface area contributed by atoms with Gasteiger partial charge in [-0.25, -0.2) is 0 Å². The first-order chi connectivity index (χ1) is 7.24. The first kappa shape index (κ1) is 15.1. The number of rotatable bonds is 10. The van der Waals surface area contributed by atoms with Crippen molar-refractivity contribution in [3.05, 3.63) is 0 Å². The second kappa shape index (κ2) is 9.37. The number of nitrogens with one attached hydrogen (secondary N) is 2. The van der Waals surface area contributed by atoms with Gasteiger partial charge in [0, 0.05) is 0 Å². The van der Waals surface area contributed by atoms with Gasteiger partial charge in [0.2, 0.25) is 8.40 Å². The highest BCUT2D eigenvalue weighted by Crippen LogP contribution is 2.16. The molecule has 0 spiro atoms. The van der Waals surface area contributed by atoms with E-state index in [2.05, 4.69) is 37.7 Å². The van der Waals surface area contributed by atoms with Crippen LogP contribution in [0.2, 0.25) is 12.1 Å². The Balaban J connectivity index is 4.26. The summed E-state index contributed by atoms with van der Waals surface area (Å²) in [5.41, 5.74) is 0. The Hall–Kier alpha value is 0.137. The fraction of sp³-hybridized carbons (Fsp3) is 1.00. The molecule has 15 heavy (non-hydrogen) atoms. The second-order valence-electron chi connectivity index (χ2n) is 4.35. The van der Waals surface area contributed by atoms with Gasteiger partial charge in [-0.05, 0) is 25.2 Å². The molecule has 0 fully saturated rings. The summed E-state index contributed by atoms with van der Waals surface area (Å²) in [5, 5.41) is 0. The zero-order chi connectivity index (χ0) is 11.6. The van der Waals surface area contributed by atoms with Crippen LogP contribution in [-0.2, 0) is 0 Å². The van der Waals surface area contributed by atoms with Gasteiger partial charge in [-0.2, -0.15) is 0 Å². The van der Waals surface area contributed by atoms with Gasteiger partial charge >= 0.3 is 0 Å². The molecule has 2 nitrogen and oxygen atoms in total. The summed E-state index contributed by atoms with van der Waals surface area (Å²) in [6.45, 7) is 11.3. The fourth-order valence-corrected chi connectivity index (χ4v) is 6.52. The minimum absolute atomic E-state index is 1.12. The van der Waals surface area contributed by atoms with Crippen LogP contribution in [0.1, 0.15) is 53.4 Å². The maximum absolute atomic E-state index is 3.79. The van der Waals surface area contributed by atoms with Gasteiger partial charge in [-0.15, -0.1) is 0 Å². The van der Waals surface area contributed by atoms with Crippen molar-refractivity contribution in [2.45, 2.75) is 65.5 Å². The molecule has 0 aliphatic heterocycles. The van der Waals surface area contributed by atoms with Crippen LogP contribution in [0.15, 0.2) is 0 Å². The molecule has 0 aliphatic rings. The van der Waals surface area contributed by atoms with Crippen molar-refractivity contribution < 1.29 is 0 Å².